The molecule has 23 heavy (non-hydrogen) atoms. The fourth-order valence-electron chi connectivity index (χ4n) is 3.25. The standard InChI is InChI=1S/C17H23N3O3/c1-10-7-15(12(3)23-10)11(2)19-17(21)14-5-6-22-16(14)13-8-18-20(4)9-13/h7-9,11,14,16H,5-6H2,1-4H3,(H,19,21)/t11-,14-,16+/m0/s1. The molecule has 0 bridgehead atoms. The lowest BCUT2D eigenvalue weighted by Gasteiger charge is -2.20. The fourth-order valence-corrected chi connectivity index (χ4v) is 3.25. The zero-order valence-corrected chi connectivity index (χ0v) is 14.0. The van der Waals surface area contributed by atoms with Crippen LogP contribution in [0.15, 0.2) is 22.9 Å². The molecule has 1 aliphatic rings. The molecule has 1 N–H and O–H groups in total. The van der Waals surface area contributed by atoms with Crippen LogP contribution in [0.2, 0.25) is 0 Å². The van der Waals surface area contributed by atoms with E-state index in [4.69, 9.17) is 9.15 Å². The van der Waals surface area contributed by atoms with Crippen molar-refractivity contribution in [2.45, 2.75) is 39.3 Å². The summed E-state index contributed by atoms with van der Waals surface area (Å²) in [6.07, 6.45) is 4.18. The lowest BCUT2D eigenvalue weighted by Crippen LogP contribution is -2.34. The molecular weight excluding hydrogens is 294 g/mol. The first-order valence-corrected chi connectivity index (χ1v) is 7.93. The third-order valence-corrected chi connectivity index (χ3v) is 4.39. The summed E-state index contributed by atoms with van der Waals surface area (Å²) in [5.41, 5.74) is 1.97. The molecule has 6 heteroatoms. The number of carbonyl (C=O) groups excluding carboxylic acids is 1. The SMILES string of the molecule is Cc1cc([C@H](C)NC(=O)[C@H]2CCO[C@@H]2c2cnn(C)c2)c(C)o1. The Balaban J connectivity index is 1.71. The van der Waals surface area contributed by atoms with Gasteiger partial charge in [-0.2, -0.15) is 5.10 Å². The van der Waals surface area contributed by atoms with Crippen molar-refractivity contribution in [3.63, 3.8) is 0 Å². The molecule has 1 saturated heterocycles. The van der Waals surface area contributed by atoms with E-state index in [1.165, 1.54) is 0 Å². The molecule has 3 rings (SSSR count). The predicted octanol–water partition coefficient (Wildman–Crippen LogP) is 2.58. The van der Waals surface area contributed by atoms with Gasteiger partial charge < -0.3 is 14.5 Å². The van der Waals surface area contributed by atoms with Gasteiger partial charge in [0.05, 0.1) is 24.3 Å². The highest BCUT2D eigenvalue weighted by Gasteiger charge is 2.36. The van der Waals surface area contributed by atoms with Gasteiger partial charge in [0, 0.05) is 31.0 Å². The van der Waals surface area contributed by atoms with Crippen LogP contribution in [0.1, 0.15) is 48.1 Å². The summed E-state index contributed by atoms with van der Waals surface area (Å²) in [4.78, 5) is 12.7. The molecule has 3 heterocycles. The molecule has 1 aliphatic heterocycles. The third kappa shape index (κ3) is 3.17. The number of hydrogen-bond donors (Lipinski definition) is 1. The van der Waals surface area contributed by atoms with E-state index in [-0.39, 0.29) is 24.0 Å². The van der Waals surface area contributed by atoms with Crippen molar-refractivity contribution in [3.05, 3.63) is 41.1 Å². The summed E-state index contributed by atoms with van der Waals surface area (Å²) in [7, 11) is 1.86. The van der Waals surface area contributed by atoms with Crippen LogP contribution in [-0.2, 0) is 16.6 Å². The molecule has 0 spiro atoms. The molecule has 2 aromatic heterocycles. The maximum Gasteiger partial charge on any atom is 0.226 e. The summed E-state index contributed by atoms with van der Waals surface area (Å²) in [6, 6.07) is 1.89. The molecule has 0 unspecified atom stereocenters. The van der Waals surface area contributed by atoms with Crippen LogP contribution in [0.5, 0.6) is 0 Å². The van der Waals surface area contributed by atoms with E-state index in [1.807, 2.05) is 40.1 Å². The zero-order chi connectivity index (χ0) is 16.6. The van der Waals surface area contributed by atoms with Crippen LogP contribution in [0.4, 0.5) is 0 Å². The average Bonchev–Trinajstić information content (AvgIpc) is 3.18. The van der Waals surface area contributed by atoms with Crippen molar-refractivity contribution >= 4 is 5.91 Å². The fraction of sp³-hybridized carbons (Fsp3) is 0.529. The summed E-state index contributed by atoms with van der Waals surface area (Å²) in [5, 5.41) is 7.26. The maximum absolute atomic E-state index is 12.7. The van der Waals surface area contributed by atoms with Crippen molar-refractivity contribution in [2.75, 3.05) is 6.61 Å². The van der Waals surface area contributed by atoms with E-state index in [1.54, 1.807) is 10.9 Å². The zero-order valence-electron chi connectivity index (χ0n) is 14.0. The Morgan fingerprint density at radius 1 is 1.48 bits per heavy atom. The predicted molar refractivity (Wildman–Crippen MR) is 84.7 cm³/mol. The van der Waals surface area contributed by atoms with Gasteiger partial charge in [-0.05, 0) is 33.3 Å². The van der Waals surface area contributed by atoms with Crippen molar-refractivity contribution in [1.29, 1.82) is 0 Å². The Kier molecular flexibility index (Phi) is 4.26. The molecule has 124 valence electrons. The average molecular weight is 317 g/mol. The smallest absolute Gasteiger partial charge is 0.226 e. The second-order valence-electron chi connectivity index (χ2n) is 6.23. The minimum absolute atomic E-state index is 0.0158. The number of furan rings is 1. The molecule has 6 nitrogen and oxygen atoms in total. The van der Waals surface area contributed by atoms with Gasteiger partial charge in [-0.3, -0.25) is 9.48 Å². The number of carbonyl (C=O) groups is 1. The van der Waals surface area contributed by atoms with Crippen molar-refractivity contribution in [2.24, 2.45) is 13.0 Å². The molecule has 0 saturated carbocycles. The van der Waals surface area contributed by atoms with Crippen LogP contribution >= 0.6 is 0 Å². The number of nitrogens with one attached hydrogen (secondary N) is 1. The van der Waals surface area contributed by atoms with Gasteiger partial charge >= 0.3 is 0 Å². The summed E-state index contributed by atoms with van der Waals surface area (Å²) in [6.45, 7) is 6.40. The van der Waals surface area contributed by atoms with E-state index >= 15 is 0 Å². The number of aryl methyl sites for hydroxylation is 3. The molecule has 0 aliphatic carbocycles. The first-order chi connectivity index (χ1) is 11.0. The first-order valence-electron chi connectivity index (χ1n) is 7.93. The normalized spacial score (nSPS) is 22.3. The minimum Gasteiger partial charge on any atom is -0.466 e. The minimum atomic E-state index is -0.219. The molecule has 1 fully saturated rings. The number of ether oxygens (including phenoxy) is 1. The van der Waals surface area contributed by atoms with Gasteiger partial charge in [0.2, 0.25) is 5.91 Å². The maximum atomic E-state index is 12.7. The van der Waals surface area contributed by atoms with Crippen LogP contribution < -0.4 is 5.32 Å². The second-order valence-corrected chi connectivity index (χ2v) is 6.23. The summed E-state index contributed by atoms with van der Waals surface area (Å²) < 4.78 is 13.0. The number of rotatable bonds is 4. The highest BCUT2D eigenvalue weighted by molar-refractivity contribution is 5.80. The van der Waals surface area contributed by atoms with Gasteiger partial charge in [0.25, 0.3) is 0 Å². The lowest BCUT2D eigenvalue weighted by atomic mass is 9.95. The molecule has 2 aromatic rings. The highest BCUT2D eigenvalue weighted by atomic mass is 16.5. The van der Waals surface area contributed by atoms with Crippen LogP contribution in [0.3, 0.4) is 0 Å². The Morgan fingerprint density at radius 3 is 2.87 bits per heavy atom. The van der Waals surface area contributed by atoms with Crippen LogP contribution in [-0.4, -0.2) is 22.3 Å². The topological polar surface area (TPSA) is 69.3 Å². The van der Waals surface area contributed by atoms with Crippen molar-refractivity contribution in [3.8, 4) is 0 Å². The summed E-state index contributed by atoms with van der Waals surface area (Å²) >= 11 is 0. The van der Waals surface area contributed by atoms with E-state index in [0.29, 0.717) is 6.61 Å². The molecule has 3 atom stereocenters. The number of hydrogen-bond acceptors (Lipinski definition) is 4. The number of nitrogens with zero attached hydrogens (tertiary/aromatic N) is 2. The Labute approximate surface area is 135 Å². The molecule has 1 amide bonds. The molecular formula is C17H23N3O3. The Bertz CT molecular complexity index is 704. The van der Waals surface area contributed by atoms with Gasteiger partial charge in [-0.1, -0.05) is 0 Å². The lowest BCUT2D eigenvalue weighted by molar-refractivity contribution is -0.127. The first kappa shape index (κ1) is 15.8. The summed E-state index contributed by atoms with van der Waals surface area (Å²) in [5.74, 6) is 1.54. The van der Waals surface area contributed by atoms with E-state index in [0.717, 1.165) is 29.1 Å². The second kappa shape index (κ2) is 6.20. The van der Waals surface area contributed by atoms with Gasteiger partial charge in [-0.15, -0.1) is 0 Å². The molecule has 0 radical (unpaired) electrons. The Morgan fingerprint density at radius 2 is 2.26 bits per heavy atom. The third-order valence-electron chi connectivity index (χ3n) is 4.39. The van der Waals surface area contributed by atoms with Crippen LogP contribution in [0.25, 0.3) is 0 Å². The number of amides is 1. The van der Waals surface area contributed by atoms with Gasteiger partial charge in [0.15, 0.2) is 0 Å². The van der Waals surface area contributed by atoms with E-state index < -0.39 is 0 Å². The van der Waals surface area contributed by atoms with Crippen LogP contribution in [0, 0.1) is 19.8 Å². The monoisotopic (exact) mass is 317 g/mol. The number of aromatic nitrogens is 2. The molecule has 0 aromatic carbocycles. The van der Waals surface area contributed by atoms with Gasteiger partial charge in [-0.25, -0.2) is 0 Å². The van der Waals surface area contributed by atoms with Crippen molar-refractivity contribution in [1.82, 2.24) is 15.1 Å². The van der Waals surface area contributed by atoms with Crippen molar-refractivity contribution < 1.29 is 13.9 Å². The largest absolute Gasteiger partial charge is 0.466 e. The quantitative estimate of drug-likeness (QED) is 0.941. The van der Waals surface area contributed by atoms with Gasteiger partial charge in [0.1, 0.15) is 11.5 Å². The Hall–Kier alpha value is -2.08. The van der Waals surface area contributed by atoms with E-state index in [9.17, 15) is 4.79 Å². The van der Waals surface area contributed by atoms with E-state index in [2.05, 4.69) is 10.4 Å². The highest BCUT2D eigenvalue weighted by Crippen LogP contribution is 2.35.